The van der Waals surface area contributed by atoms with Crippen LogP contribution in [0.5, 0.6) is 0 Å². The highest BCUT2D eigenvalue weighted by atomic mass is 16.1. The fraction of sp³-hybridized carbons (Fsp3) is 0.562. The number of benzene rings is 1. The second kappa shape index (κ2) is 6.71. The summed E-state index contributed by atoms with van der Waals surface area (Å²) >= 11 is 0. The van der Waals surface area contributed by atoms with Crippen LogP contribution in [0.2, 0.25) is 0 Å². The van der Waals surface area contributed by atoms with Gasteiger partial charge in [-0.15, -0.1) is 0 Å². The Morgan fingerprint density at radius 1 is 1.26 bits per heavy atom. The van der Waals surface area contributed by atoms with Crippen LogP contribution in [0.15, 0.2) is 24.3 Å². The zero-order chi connectivity index (χ0) is 13.7. The molecule has 3 N–H and O–H groups in total. The fourth-order valence-corrected chi connectivity index (χ4v) is 2.63. The molecular weight excluding hydrogens is 236 g/mol. The number of carbonyl (C=O) groups is 1. The number of hydrogen-bond acceptors (Lipinski definition) is 2. The normalized spacial score (nSPS) is 21.9. The minimum absolute atomic E-state index is 0.192. The van der Waals surface area contributed by atoms with Gasteiger partial charge in [0.05, 0.1) is 0 Å². The minimum Gasteiger partial charge on any atom is -0.370 e. The predicted molar refractivity (Wildman–Crippen MR) is 78.0 cm³/mol. The maximum atomic E-state index is 10.6. The highest BCUT2D eigenvalue weighted by Gasteiger charge is 2.29. The van der Waals surface area contributed by atoms with Crippen molar-refractivity contribution in [2.45, 2.75) is 51.0 Å². The van der Waals surface area contributed by atoms with Crippen LogP contribution in [-0.2, 0) is 4.79 Å². The van der Waals surface area contributed by atoms with Gasteiger partial charge in [-0.1, -0.05) is 29.8 Å². The van der Waals surface area contributed by atoms with Crippen molar-refractivity contribution in [2.75, 3.05) is 6.54 Å². The quantitative estimate of drug-likeness (QED) is 0.740. The van der Waals surface area contributed by atoms with E-state index < -0.39 is 0 Å². The van der Waals surface area contributed by atoms with Crippen LogP contribution < -0.4 is 11.1 Å². The van der Waals surface area contributed by atoms with Crippen molar-refractivity contribution < 1.29 is 4.79 Å². The van der Waals surface area contributed by atoms with Crippen LogP contribution in [0.3, 0.4) is 0 Å². The molecule has 1 aromatic rings. The van der Waals surface area contributed by atoms with Gasteiger partial charge in [0.15, 0.2) is 0 Å². The summed E-state index contributed by atoms with van der Waals surface area (Å²) in [5.41, 5.74) is 7.90. The Bertz CT molecular complexity index is 407. The maximum absolute atomic E-state index is 10.6. The van der Waals surface area contributed by atoms with Crippen LogP contribution in [0.4, 0.5) is 0 Å². The Morgan fingerprint density at radius 2 is 1.95 bits per heavy atom. The first kappa shape index (κ1) is 14.1. The van der Waals surface area contributed by atoms with E-state index in [0.29, 0.717) is 12.5 Å². The Labute approximate surface area is 115 Å². The summed E-state index contributed by atoms with van der Waals surface area (Å²) in [5.74, 6) is 0.534. The first-order valence-electron chi connectivity index (χ1n) is 7.23. The number of primary amides is 1. The van der Waals surface area contributed by atoms with E-state index in [9.17, 15) is 4.79 Å². The molecule has 1 fully saturated rings. The van der Waals surface area contributed by atoms with Crippen LogP contribution >= 0.6 is 0 Å². The standard InChI is InChI=1S/C16H24N2O/c1-12-5-7-13(8-6-12)14-10-15(11-14)18-9-3-2-4-16(17)19/h5-8,14-15,18H,2-4,9-11H2,1H3,(H2,17,19). The first-order valence-corrected chi connectivity index (χ1v) is 7.23. The number of rotatable bonds is 7. The third-order valence-electron chi connectivity index (χ3n) is 3.97. The summed E-state index contributed by atoms with van der Waals surface area (Å²) in [7, 11) is 0. The van der Waals surface area contributed by atoms with Gasteiger partial charge in [-0.05, 0) is 50.6 Å². The minimum atomic E-state index is -0.192. The second-order valence-corrected chi connectivity index (χ2v) is 5.65. The van der Waals surface area contributed by atoms with Gasteiger partial charge >= 0.3 is 0 Å². The Morgan fingerprint density at radius 3 is 2.58 bits per heavy atom. The van der Waals surface area contributed by atoms with E-state index in [0.717, 1.165) is 25.3 Å². The Balaban J connectivity index is 1.59. The summed E-state index contributed by atoms with van der Waals surface area (Å²) < 4.78 is 0. The molecule has 0 bridgehead atoms. The summed E-state index contributed by atoms with van der Waals surface area (Å²) in [6.07, 6.45) is 4.92. The SMILES string of the molecule is Cc1ccc(C2CC(NCCCCC(N)=O)C2)cc1. The number of nitrogens with one attached hydrogen (secondary N) is 1. The highest BCUT2D eigenvalue weighted by molar-refractivity contribution is 5.73. The number of nitrogens with two attached hydrogens (primary N) is 1. The van der Waals surface area contributed by atoms with Crippen molar-refractivity contribution in [1.29, 1.82) is 0 Å². The molecule has 1 saturated carbocycles. The van der Waals surface area contributed by atoms with E-state index in [1.807, 2.05) is 0 Å². The molecule has 2 rings (SSSR count). The molecule has 1 amide bonds. The van der Waals surface area contributed by atoms with Crippen molar-refractivity contribution >= 4 is 5.91 Å². The van der Waals surface area contributed by atoms with E-state index in [1.54, 1.807) is 0 Å². The largest absolute Gasteiger partial charge is 0.370 e. The van der Waals surface area contributed by atoms with Crippen LogP contribution in [0.25, 0.3) is 0 Å². The van der Waals surface area contributed by atoms with Gasteiger partial charge < -0.3 is 11.1 Å². The molecule has 19 heavy (non-hydrogen) atoms. The number of hydrogen-bond donors (Lipinski definition) is 2. The number of unbranched alkanes of at least 4 members (excludes halogenated alkanes) is 1. The molecule has 0 aliphatic heterocycles. The zero-order valence-electron chi connectivity index (χ0n) is 11.7. The maximum Gasteiger partial charge on any atom is 0.217 e. The third kappa shape index (κ3) is 4.35. The number of aryl methyl sites for hydroxylation is 1. The molecule has 3 nitrogen and oxygen atoms in total. The van der Waals surface area contributed by atoms with Gasteiger partial charge in [0.2, 0.25) is 5.91 Å². The molecule has 0 radical (unpaired) electrons. The molecule has 0 unspecified atom stereocenters. The lowest BCUT2D eigenvalue weighted by Crippen LogP contribution is -2.40. The topological polar surface area (TPSA) is 55.1 Å². The van der Waals surface area contributed by atoms with E-state index >= 15 is 0 Å². The van der Waals surface area contributed by atoms with Gasteiger partial charge in [-0.3, -0.25) is 4.79 Å². The van der Waals surface area contributed by atoms with E-state index in [2.05, 4.69) is 36.5 Å². The third-order valence-corrected chi connectivity index (χ3v) is 3.97. The van der Waals surface area contributed by atoms with Crippen LogP contribution in [0.1, 0.15) is 49.1 Å². The number of amides is 1. The average molecular weight is 260 g/mol. The summed E-state index contributed by atoms with van der Waals surface area (Å²) in [6, 6.07) is 9.55. The summed E-state index contributed by atoms with van der Waals surface area (Å²) in [5, 5.41) is 3.55. The van der Waals surface area contributed by atoms with Gasteiger partial charge in [0, 0.05) is 12.5 Å². The smallest absolute Gasteiger partial charge is 0.217 e. The molecule has 3 heteroatoms. The van der Waals surface area contributed by atoms with Crippen LogP contribution in [-0.4, -0.2) is 18.5 Å². The molecule has 1 aliphatic carbocycles. The molecule has 0 saturated heterocycles. The molecule has 0 aromatic heterocycles. The van der Waals surface area contributed by atoms with Crippen molar-refractivity contribution in [1.82, 2.24) is 5.32 Å². The lowest BCUT2D eigenvalue weighted by Gasteiger charge is -2.36. The van der Waals surface area contributed by atoms with Crippen molar-refractivity contribution in [3.8, 4) is 0 Å². The zero-order valence-corrected chi connectivity index (χ0v) is 11.7. The molecule has 0 atom stereocenters. The van der Waals surface area contributed by atoms with E-state index in [4.69, 9.17) is 5.73 Å². The van der Waals surface area contributed by atoms with Gasteiger partial charge in [-0.25, -0.2) is 0 Å². The first-order chi connectivity index (χ1) is 9.15. The lowest BCUT2D eigenvalue weighted by atomic mass is 9.76. The molecule has 0 heterocycles. The lowest BCUT2D eigenvalue weighted by molar-refractivity contribution is -0.118. The summed E-state index contributed by atoms with van der Waals surface area (Å²) in [4.78, 5) is 10.6. The van der Waals surface area contributed by atoms with Gasteiger partial charge in [0.1, 0.15) is 0 Å². The molecule has 1 aromatic carbocycles. The Hall–Kier alpha value is -1.35. The van der Waals surface area contributed by atoms with Crippen molar-refractivity contribution in [3.05, 3.63) is 35.4 Å². The molecule has 0 spiro atoms. The van der Waals surface area contributed by atoms with Crippen molar-refractivity contribution in [3.63, 3.8) is 0 Å². The molecular formula is C16H24N2O. The van der Waals surface area contributed by atoms with E-state index in [-0.39, 0.29) is 5.91 Å². The van der Waals surface area contributed by atoms with Gasteiger partial charge in [-0.2, -0.15) is 0 Å². The molecule has 104 valence electrons. The summed E-state index contributed by atoms with van der Waals surface area (Å²) in [6.45, 7) is 3.12. The highest BCUT2D eigenvalue weighted by Crippen LogP contribution is 2.36. The monoisotopic (exact) mass is 260 g/mol. The predicted octanol–water partition coefficient (Wildman–Crippen LogP) is 2.49. The molecule has 1 aliphatic rings. The Kier molecular flexibility index (Phi) is 4.97. The second-order valence-electron chi connectivity index (χ2n) is 5.65. The van der Waals surface area contributed by atoms with E-state index in [1.165, 1.54) is 24.0 Å². The average Bonchev–Trinajstić information content (AvgIpc) is 2.32. The van der Waals surface area contributed by atoms with Crippen LogP contribution in [0, 0.1) is 6.92 Å². The fourth-order valence-electron chi connectivity index (χ4n) is 2.63. The number of carbonyl (C=O) groups excluding carboxylic acids is 1. The van der Waals surface area contributed by atoms with Crippen molar-refractivity contribution in [2.24, 2.45) is 5.73 Å². The van der Waals surface area contributed by atoms with Gasteiger partial charge in [0.25, 0.3) is 0 Å².